The largest absolute Gasteiger partial charge is 0.573 e. The van der Waals surface area contributed by atoms with E-state index in [1.807, 2.05) is 0 Å². The van der Waals surface area contributed by atoms with Crippen LogP contribution in [-0.2, 0) is 11.2 Å². The minimum atomic E-state index is -4.73. The van der Waals surface area contributed by atoms with E-state index in [4.69, 9.17) is 11.6 Å². The molecule has 6 heteroatoms. The first-order chi connectivity index (χ1) is 6.87. The first kappa shape index (κ1) is 11.8. The highest BCUT2D eigenvalue weighted by Gasteiger charge is 2.31. The van der Waals surface area contributed by atoms with Gasteiger partial charge in [-0.1, -0.05) is 12.1 Å². The zero-order valence-electron chi connectivity index (χ0n) is 7.34. The average molecular weight is 239 g/mol. The molecule has 1 aromatic rings. The van der Waals surface area contributed by atoms with Gasteiger partial charge in [0.1, 0.15) is 5.75 Å². The van der Waals surface area contributed by atoms with Crippen LogP contribution in [0, 0.1) is 0 Å². The van der Waals surface area contributed by atoms with E-state index in [2.05, 4.69) is 4.74 Å². The lowest BCUT2D eigenvalue weighted by atomic mass is 10.1. The minimum absolute atomic E-state index is 0.128. The lowest BCUT2D eigenvalue weighted by molar-refractivity contribution is -0.274. The van der Waals surface area contributed by atoms with Crippen molar-refractivity contribution >= 4 is 16.8 Å². The lowest BCUT2D eigenvalue weighted by Crippen LogP contribution is -2.17. The average Bonchev–Trinajstić information content (AvgIpc) is 1.99. The van der Waals surface area contributed by atoms with E-state index in [0.29, 0.717) is 5.56 Å². The lowest BCUT2D eigenvalue weighted by Gasteiger charge is -2.09. The molecule has 0 fully saturated rings. The number of hydrogen-bond acceptors (Lipinski definition) is 2. The molecule has 0 aliphatic carbocycles. The second-order valence-electron chi connectivity index (χ2n) is 2.73. The molecule has 0 aliphatic heterocycles. The first-order valence-electron chi connectivity index (χ1n) is 3.90. The molecule has 0 heterocycles. The van der Waals surface area contributed by atoms with E-state index in [1.165, 1.54) is 12.1 Å². The fraction of sp³-hybridized carbons (Fsp3) is 0.222. The van der Waals surface area contributed by atoms with Gasteiger partial charge in [0.2, 0.25) is 5.24 Å². The standard InChI is InChI=1S/C9H6ClF3O2/c10-8(14)5-6-2-1-3-7(4-6)15-9(11,12)13/h1-4H,5H2. The van der Waals surface area contributed by atoms with Crippen molar-refractivity contribution in [1.29, 1.82) is 0 Å². The van der Waals surface area contributed by atoms with Crippen molar-refractivity contribution < 1.29 is 22.7 Å². The van der Waals surface area contributed by atoms with Crippen LogP contribution in [0.25, 0.3) is 0 Å². The Kier molecular flexibility index (Phi) is 3.57. The molecule has 0 saturated carbocycles. The summed E-state index contributed by atoms with van der Waals surface area (Å²) >= 11 is 5.10. The Morgan fingerprint density at radius 2 is 2.07 bits per heavy atom. The van der Waals surface area contributed by atoms with Crippen LogP contribution >= 0.6 is 11.6 Å². The van der Waals surface area contributed by atoms with Crippen molar-refractivity contribution in [2.75, 3.05) is 0 Å². The number of alkyl halides is 3. The smallest absolute Gasteiger partial charge is 0.406 e. The van der Waals surface area contributed by atoms with E-state index < -0.39 is 11.6 Å². The van der Waals surface area contributed by atoms with Gasteiger partial charge in [-0.2, -0.15) is 0 Å². The number of halogens is 4. The Labute approximate surface area is 88.6 Å². The van der Waals surface area contributed by atoms with E-state index >= 15 is 0 Å². The van der Waals surface area contributed by atoms with Crippen LogP contribution in [0.15, 0.2) is 24.3 Å². The second kappa shape index (κ2) is 4.53. The normalized spacial score (nSPS) is 11.2. The van der Waals surface area contributed by atoms with Crippen molar-refractivity contribution in [2.24, 2.45) is 0 Å². The van der Waals surface area contributed by atoms with Gasteiger partial charge in [-0.3, -0.25) is 4.79 Å². The van der Waals surface area contributed by atoms with Gasteiger partial charge in [-0.25, -0.2) is 0 Å². The summed E-state index contributed by atoms with van der Waals surface area (Å²) in [6.45, 7) is 0. The molecule has 1 aromatic carbocycles. The van der Waals surface area contributed by atoms with E-state index in [9.17, 15) is 18.0 Å². The van der Waals surface area contributed by atoms with Crippen molar-refractivity contribution in [2.45, 2.75) is 12.8 Å². The third-order valence-electron chi connectivity index (χ3n) is 1.48. The first-order valence-corrected chi connectivity index (χ1v) is 4.27. The van der Waals surface area contributed by atoms with Crippen LogP contribution < -0.4 is 4.74 Å². The zero-order chi connectivity index (χ0) is 11.5. The maximum atomic E-state index is 11.8. The van der Waals surface area contributed by atoms with Gasteiger partial charge in [-0.05, 0) is 29.3 Å². The summed E-state index contributed by atoms with van der Waals surface area (Å²) in [5, 5.41) is -0.640. The molecular weight excluding hydrogens is 233 g/mol. The molecule has 0 N–H and O–H groups in total. The monoisotopic (exact) mass is 238 g/mol. The van der Waals surface area contributed by atoms with Crippen LogP contribution in [0.4, 0.5) is 13.2 Å². The van der Waals surface area contributed by atoms with E-state index in [1.54, 1.807) is 0 Å². The van der Waals surface area contributed by atoms with Gasteiger partial charge in [0.15, 0.2) is 0 Å². The van der Waals surface area contributed by atoms with Gasteiger partial charge in [0.25, 0.3) is 0 Å². The third kappa shape index (κ3) is 4.69. The third-order valence-corrected chi connectivity index (χ3v) is 1.61. The molecule has 82 valence electrons. The van der Waals surface area contributed by atoms with Gasteiger partial charge >= 0.3 is 6.36 Å². The molecule has 0 aliphatic rings. The minimum Gasteiger partial charge on any atom is -0.406 e. The van der Waals surface area contributed by atoms with Gasteiger partial charge < -0.3 is 4.74 Å². The Hall–Kier alpha value is -1.23. The number of carbonyl (C=O) groups is 1. The predicted octanol–water partition coefficient (Wildman–Crippen LogP) is 2.89. The van der Waals surface area contributed by atoms with Crippen molar-refractivity contribution in [3.8, 4) is 5.75 Å². The van der Waals surface area contributed by atoms with Crippen molar-refractivity contribution in [3.05, 3.63) is 29.8 Å². The van der Waals surface area contributed by atoms with Crippen molar-refractivity contribution in [3.63, 3.8) is 0 Å². The number of benzene rings is 1. The molecule has 0 aromatic heterocycles. The maximum absolute atomic E-state index is 11.8. The summed E-state index contributed by atoms with van der Waals surface area (Å²) in [5.74, 6) is -0.363. The molecule has 0 amide bonds. The fourth-order valence-electron chi connectivity index (χ4n) is 1.01. The molecule has 0 saturated heterocycles. The summed E-state index contributed by atoms with van der Waals surface area (Å²) in [7, 11) is 0. The highest BCUT2D eigenvalue weighted by atomic mass is 35.5. The highest BCUT2D eigenvalue weighted by Crippen LogP contribution is 2.23. The van der Waals surface area contributed by atoms with Crippen LogP contribution in [0.3, 0.4) is 0 Å². The Morgan fingerprint density at radius 1 is 1.40 bits per heavy atom. The summed E-state index contributed by atoms with van der Waals surface area (Å²) in [6, 6.07) is 5.11. The Balaban J connectivity index is 2.79. The summed E-state index contributed by atoms with van der Waals surface area (Å²) < 4.78 is 39.1. The van der Waals surface area contributed by atoms with Gasteiger partial charge in [0, 0.05) is 6.42 Å². The molecule has 0 unspecified atom stereocenters. The van der Waals surface area contributed by atoms with Crippen LogP contribution in [0.2, 0.25) is 0 Å². The second-order valence-corrected chi connectivity index (χ2v) is 3.15. The number of carbonyl (C=O) groups excluding carboxylic acids is 1. The molecule has 15 heavy (non-hydrogen) atoms. The quantitative estimate of drug-likeness (QED) is 0.757. The van der Waals surface area contributed by atoms with Crippen LogP contribution in [0.1, 0.15) is 5.56 Å². The molecule has 1 rings (SSSR count). The summed E-state index contributed by atoms with van der Waals surface area (Å²) in [5.41, 5.74) is 0.372. The van der Waals surface area contributed by atoms with Gasteiger partial charge in [0.05, 0.1) is 0 Å². The zero-order valence-corrected chi connectivity index (χ0v) is 8.10. The maximum Gasteiger partial charge on any atom is 0.573 e. The Morgan fingerprint density at radius 3 is 2.60 bits per heavy atom. The molecule has 2 nitrogen and oxygen atoms in total. The summed E-state index contributed by atoms with van der Waals surface area (Å²) in [6.07, 6.45) is -4.86. The fourth-order valence-corrected chi connectivity index (χ4v) is 1.17. The topological polar surface area (TPSA) is 26.3 Å². The molecule has 0 bridgehead atoms. The summed E-state index contributed by atoms with van der Waals surface area (Å²) in [4.78, 5) is 10.5. The molecule has 0 atom stereocenters. The van der Waals surface area contributed by atoms with Crippen LogP contribution in [0.5, 0.6) is 5.75 Å². The van der Waals surface area contributed by atoms with E-state index in [-0.39, 0.29) is 12.2 Å². The van der Waals surface area contributed by atoms with Gasteiger partial charge in [-0.15, -0.1) is 13.2 Å². The van der Waals surface area contributed by atoms with Crippen LogP contribution in [-0.4, -0.2) is 11.6 Å². The number of hydrogen-bond donors (Lipinski definition) is 0. The SMILES string of the molecule is O=C(Cl)Cc1cccc(OC(F)(F)F)c1. The molecule has 0 radical (unpaired) electrons. The Bertz CT molecular complexity index is 363. The predicted molar refractivity (Wildman–Crippen MR) is 47.7 cm³/mol. The molecule has 0 spiro atoms. The number of rotatable bonds is 3. The van der Waals surface area contributed by atoms with E-state index in [0.717, 1.165) is 12.1 Å². The number of ether oxygens (including phenoxy) is 1. The molecular formula is C9H6ClF3O2. The van der Waals surface area contributed by atoms with Crippen molar-refractivity contribution in [1.82, 2.24) is 0 Å². The highest BCUT2D eigenvalue weighted by molar-refractivity contribution is 6.63.